The lowest BCUT2D eigenvalue weighted by molar-refractivity contribution is 0.507. The molecular weight excluding hydrogens is 196 g/mol. The van der Waals surface area contributed by atoms with Crippen molar-refractivity contribution in [3.8, 4) is 0 Å². The van der Waals surface area contributed by atoms with Crippen molar-refractivity contribution in [3.63, 3.8) is 0 Å². The summed E-state index contributed by atoms with van der Waals surface area (Å²) >= 11 is 0. The van der Waals surface area contributed by atoms with E-state index in [1.165, 1.54) is 6.07 Å². The molecule has 0 amide bonds. The van der Waals surface area contributed by atoms with Crippen LogP contribution < -0.4 is 5.73 Å². The maximum atomic E-state index is 13.3. The molecule has 0 aliphatic heterocycles. The molecule has 3 heteroatoms. The molecule has 1 fully saturated rings. The average Bonchev–Trinajstić information content (AvgIpc) is 2.59. The molecule has 0 bridgehead atoms. The van der Waals surface area contributed by atoms with E-state index >= 15 is 0 Å². The molecule has 0 heterocycles. The molecule has 1 aromatic rings. The molecule has 2 N–H and O–H groups in total. The summed E-state index contributed by atoms with van der Waals surface area (Å²) in [5.41, 5.74) is 7.16. The second-order valence-electron chi connectivity index (χ2n) is 3.95. The van der Waals surface area contributed by atoms with Crippen molar-refractivity contribution < 1.29 is 8.78 Å². The zero-order chi connectivity index (χ0) is 10.8. The van der Waals surface area contributed by atoms with E-state index in [4.69, 9.17) is 5.73 Å². The lowest BCUT2D eigenvalue weighted by Crippen LogP contribution is -2.13. The van der Waals surface area contributed by atoms with Crippen LogP contribution in [-0.2, 0) is 0 Å². The van der Waals surface area contributed by atoms with E-state index in [1.54, 1.807) is 12.1 Å². The number of halogens is 2. The largest absolute Gasteiger partial charge is 0.327 e. The standard InChI is InChI=1S/C12H13F2N/c13-11-3-1-2-9(12(11)14)6-8-4-5-10(15)7-8/h1-3,6,10H,4-5,7,15H2. The Kier molecular flexibility index (Phi) is 2.82. The van der Waals surface area contributed by atoms with E-state index in [9.17, 15) is 8.78 Å². The monoisotopic (exact) mass is 209 g/mol. The summed E-state index contributed by atoms with van der Waals surface area (Å²) in [6.07, 6.45) is 4.32. The van der Waals surface area contributed by atoms with Crippen LogP contribution >= 0.6 is 0 Å². The fourth-order valence-electron chi connectivity index (χ4n) is 1.89. The SMILES string of the molecule is NC1CCC(=Cc2cccc(F)c2F)C1. The highest BCUT2D eigenvalue weighted by Crippen LogP contribution is 2.26. The van der Waals surface area contributed by atoms with Gasteiger partial charge in [-0.15, -0.1) is 0 Å². The van der Waals surface area contributed by atoms with Crippen LogP contribution in [0.1, 0.15) is 24.8 Å². The minimum Gasteiger partial charge on any atom is -0.327 e. The lowest BCUT2D eigenvalue weighted by Gasteiger charge is -2.00. The maximum Gasteiger partial charge on any atom is 0.166 e. The third-order valence-electron chi connectivity index (χ3n) is 2.70. The zero-order valence-corrected chi connectivity index (χ0v) is 8.34. The third-order valence-corrected chi connectivity index (χ3v) is 2.70. The Morgan fingerprint density at radius 3 is 2.80 bits per heavy atom. The predicted molar refractivity (Wildman–Crippen MR) is 56.2 cm³/mol. The molecule has 80 valence electrons. The molecule has 1 atom stereocenters. The topological polar surface area (TPSA) is 26.0 Å². The van der Waals surface area contributed by atoms with Crippen LogP contribution in [0, 0.1) is 11.6 Å². The Bertz CT molecular complexity index is 399. The highest BCUT2D eigenvalue weighted by molar-refractivity contribution is 5.54. The molecule has 1 nitrogen and oxygen atoms in total. The van der Waals surface area contributed by atoms with Gasteiger partial charge in [0.25, 0.3) is 0 Å². The summed E-state index contributed by atoms with van der Waals surface area (Å²) < 4.78 is 26.2. The molecule has 1 unspecified atom stereocenters. The Labute approximate surface area is 87.6 Å². The third kappa shape index (κ3) is 2.23. The number of nitrogens with two attached hydrogens (primary N) is 1. The van der Waals surface area contributed by atoms with Gasteiger partial charge in [0.05, 0.1) is 0 Å². The molecule has 1 aliphatic rings. The van der Waals surface area contributed by atoms with Crippen molar-refractivity contribution in [2.75, 3.05) is 0 Å². The summed E-state index contributed by atoms with van der Waals surface area (Å²) in [5.74, 6) is -1.57. The van der Waals surface area contributed by atoms with Crippen molar-refractivity contribution in [2.24, 2.45) is 5.73 Å². The van der Waals surface area contributed by atoms with Crippen molar-refractivity contribution in [3.05, 3.63) is 41.0 Å². The summed E-state index contributed by atoms with van der Waals surface area (Å²) in [6.45, 7) is 0. The van der Waals surface area contributed by atoms with E-state index in [1.807, 2.05) is 0 Å². The van der Waals surface area contributed by atoms with Crippen molar-refractivity contribution in [1.29, 1.82) is 0 Å². The van der Waals surface area contributed by atoms with Gasteiger partial charge < -0.3 is 5.73 Å². The zero-order valence-electron chi connectivity index (χ0n) is 8.34. The van der Waals surface area contributed by atoms with E-state index in [2.05, 4.69) is 0 Å². The maximum absolute atomic E-state index is 13.3. The molecule has 2 rings (SSSR count). The Balaban J connectivity index is 2.27. The van der Waals surface area contributed by atoms with E-state index < -0.39 is 11.6 Å². The first-order chi connectivity index (χ1) is 7.16. The lowest BCUT2D eigenvalue weighted by atomic mass is 10.1. The van der Waals surface area contributed by atoms with Crippen molar-refractivity contribution in [1.82, 2.24) is 0 Å². The fraction of sp³-hybridized carbons (Fsp3) is 0.333. The Hall–Kier alpha value is -1.22. The van der Waals surface area contributed by atoms with Gasteiger partial charge in [-0.3, -0.25) is 0 Å². The molecule has 0 spiro atoms. The number of rotatable bonds is 1. The van der Waals surface area contributed by atoms with Crippen LogP contribution in [0.15, 0.2) is 23.8 Å². The summed E-state index contributed by atoms with van der Waals surface area (Å²) in [4.78, 5) is 0. The van der Waals surface area contributed by atoms with E-state index in [-0.39, 0.29) is 6.04 Å². The number of benzene rings is 1. The first-order valence-electron chi connectivity index (χ1n) is 5.06. The minimum atomic E-state index is -0.799. The van der Waals surface area contributed by atoms with Crippen molar-refractivity contribution >= 4 is 6.08 Å². The van der Waals surface area contributed by atoms with E-state index in [0.29, 0.717) is 5.56 Å². The van der Waals surface area contributed by atoms with Crippen LogP contribution in [-0.4, -0.2) is 6.04 Å². The molecule has 0 saturated heterocycles. The van der Waals surface area contributed by atoms with Crippen LogP contribution in [0.5, 0.6) is 0 Å². The van der Waals surface area contributed by atoms with Gasteiger partial charge in [-0.1, -0.05) is 23.8 Å². The fourth-order valence-corrected chi connectivity index (χ4v) is 1.89. The predicted octanol–water partition coefficient (Wildman–Crippen LogP) is 2.86. The van der Waals surface area contributed by atoms with Gasteiger partial charge in [0.2, 0.25) is 0 Å². The van der Waals surface area contributed by atoms with Crippen LogP contribution in [0.3, 0.4) is 0 Å². The molecule has 0 radical (unpaired) electrons. The normalized spacial score (nSPS) is 23.7. The Morgan fingerprint density at radius 2 is 2.13 bits per heavy atom. The Morgan fingerprint density at radius 1 is 1.33 bits per heavy atom. The molecule has 0 aromatic heterocycles. The average molecular weight is 209 g/mol. The van der Waals surface area contributed by atoms with Crippen LogP contribution in [0.25, 0.3) is 6.08 Å². The molecule has 1 aromatic carbocycles. The second-order valence-corrected chi connectivity index (χ2v) is 3.95. The van der Waals surface area contributed by atoms with Gasteiger partial charge in [-0.2, -0.15) is 0 Å². The van der Waals surface area contributed by atoms with Gasteiger partial charge in [-0.05, 0) is 25.3 Å². The molecule has 1 aliphatic carbocycles. The minimum absolute atomic E-state index is 0.174. The molecular formula is C12H13F2N. The number of hydrogen-bond donors (Lipinski definition) is 1. The van der Waals surface area contributed by atoms with Gasteiger partial charge in [0.15, 0.2) is 11.6 Å². The highest BCUT2D eigenvalue weighted by atomic mass is 19.2. The first kappa shape index (κ1) is 10.3. The smallest absolute Gasteiger partial charge is 0.166 e. The van der Waals surface area contributed by atoms with Gasteiger partial charge >= 0.3 is 0 Å². The van der Waals surface area contributed by atoms with Gasteiger partial charge in [0.1, 0.15) is 0 Å². The van der Waals surface area contributed by atoms with Crippen LogP contribution in [0.2, 0.25) is 0 Å². The summed E-state index contributed by atoms with van der Waals surface area (Å²) in [5, 5.41) is 0. The van der Waals surface area contributed by atoms with Crippen LogP contribution in [0.4, 0.5) is 8.78 Å². The van der Waals surface area contributed by atoms with Crippen molar-refractivity contribution in [2.45, 2.75) is 25.3 Å². The number of hydrogen-bond acceptors (Lipinski definition) is 1. The quantitative estimate of drug-likeness (QED) is 0.756. The molecule has 1 saturated carbocycles. The molecule has 15 heavy (non-hydrogen) atoms. The highest BCUT2D eigenvalue weighted by Gasteiger charge is 2.16. The van der Waals surface area contributed by atoms with E-state index in [0.717, 1.165) is 30.9 Å². The van der Waals surface area contributed by atoms with Gasteiger partial charge in [-0.25, -0.2) is 8.78 Å². The van der Waals surface area contributed by atoms with Gasteiger partial charge in [0, 0.05) is 11.6 Å². The summed E-state index contributed by atoms with van der Waals surface area (Å²) in [6, 6.07) is 4.39. The summed E-state index contributed by atoms with van der Waals surface area (Å²) in [7, 11) is 0. The first-order valence-corrected chi connectivity index (χ1v) is 5.06. The second kappa shape index (κ2) is 4.11.